The number of ether oxygens (including phenoxy) is 1. The summed E-state index contributed by atoms with van der Waals surface area (Å²) in [5.74, 6) is -0.207. The van der Waals surface area contributed by atoms with Gasteiger partial charge in [0.25, 0.3) is 0 Å². The van der Waals surface area contributed by atoms with E-state index in [1.165, 1.54) is 11.8 Å². The van der Waals surface area contributed by atoms with Crippen LogP contribution in [0.5, 0.6) is 0 Å². The second kappa shape index (κ2) is 9.80. The fourth-order valence-electron chi connectivity index (χ4n) is 2.89. The smallest absolute Gasteiger partial charge is 0.338 e. The molecule has 0 atom stereocenters. The Hall–Kier alpha value is -2.51. The first-order valence-electron chi connectivity index (χ1n) is 9.33. The van der Waals surface area contributed by atoms with Crippen LogP contribution in [0.4, 0.5) is 0 Å². The molecule has 152 valence electrons. The number of fused-ring (bicyclic) bond motifs is 1. The van der Waals surface area contributed by atoms with Gasteiger partial charge in [0.05, 0.1) is 29.0 Å². The summed E-state index contributed by atoms with van der Waals surface area (Å²) in [5.41, 5.74) is 3.04. The lowest BCUT2D eigenvalue weighted by Gasteiger charge is -2.07. The first kappa shape index (κ1) is 21.2. The number of thioether (sulfide) groups is 1. The number of benzene rings is 2. The van der Waals surface area contributed by atoms with E-state index < -0.39 is 0 Å². The average Bonchev–Trinajstić information content (AvgIpc) is 3.07. The van der Waals surface area contributed by atoms with Gasteiger partial charge in [0.15, 0.2) is 5.16 Å². The van der Waals surface area contributed by atoms with Gasteiger partial charge in [0, 0.05) is 18.1 Å². The topological polar surface area (TPSA) is 73.2 Å². The van der Waals surface area contributed by atoms with Crippen molar-refractivity contribution in [3.8, 4) is 0 Å². The largest absolute Gasteiger partial charge is 0.462 e. The number of aromatic nitrogens is 2. The lowest BCUT2D eigenvalue weighted by Crippen LogP contribution is -2.24. The third-order valence-corrected chi connectivity index (χ3v) is 5.46. The Morgan fingerprint density at radius 1 is 1.21 bits per heavy atom. The van der Waals surface area contributed by atoms with Crippen LogP contribution in [0.25, 0.3) is 11.0 Å². The monoisotopic (exact) mass is 431 g/mol. The van der Waals surface area contributed by atoms with Crippen molar-refractivity contribution in [2.24, 2.45) is 0 Å². The maximum Gasteiger partial charge on any atom is 0.338 e. The fourth-order valence-corrected chi connectivity index (χ4v) is 4.01. The summed E-state index contributed by atoms with van der Waals surface area (Å²) in [4.78, 5) is 28.8. The summed E-state index contributed by atoms with van der Waals surface area (Å²) in [6.45, 7) is 5.25. The summed E-state index contributed by atoms with van der Waals surface area (Å²) in [6, 6.07) is 12.7. The van der Waals surface area contributed by atoms with E-state index in [-0.39, 0.29) is 17.6 Å². The Kier molecular flexibility index (Phi) is 7.17. The van der Waals surface area contributed by atoms with E-state index in [1.54, 1.807) is 25.1 Å². The molecule has 3 rings (SSSR count). The Balaban J connectivity index is 1.67. The molecule has 0 saturated heterocycles. The Morgan fingerprint density at radius 3 is 2.76 bits per heavy atom. The molecule has 0 bridgehead atoms. The molecule has 1 heterocycles. The minimum atomic E-state index is -0.366. The van der Waals surface area contributed by atoms with Gasteiger partial charge in [-0.1, -0.05) is 35.5 Å². The zero-order valence-corrected chi connectivity index (χ0v) is 17.8. The number of nitrogens with zero attached hydrogens (tertiary/aromatic N) is 2. The molecule has 0 aliphatic carbocycles. The molecular weight excluding hydrogens is 410 g/mol. The summed E-state index contributed by atoms with van der Waals surface area (Å²) in [5, 5.41) is 4.27. The van der Waals surface area contributed by atoms with Gasteiger partial charge in [-0.2, -0.15) is 0 Å². The van der Waals surface area contributed by atoms with Crippen LogP contribution in [0.1, 0.15) is 29.8 Å². The number of imidazole rings is 1. The highest BCUT2D eigenvalue weighted by molar-refractivity contribution is 7.99. The van der Waals surface area contributed by atoms with Gasteiger partial charge in [0.1, 0.15) is 0 Å². The lowest BCUT2D eigenvalue weighted by atomic mass is 10.2. The Bertz CT molecular complexity index is 1040. The second-order valence-corrected chi connectivity index (χ2v) is 7.64. The molecular formula is C21H22ClN3O3S. The van der Waals surface area contributed by atoms with Gasteiger partial charge in [-0.05, 0) is 49.7 Å². The first-order chi connectivity index (χ1) is 14.0. The number of hydrogen-bond acceptors (Lipinski definition) is 5. The predicted octanol–water partition coefficient (Wildman–Crippen LogP) is 4.29. The number of nitrogens with one attached hydrogen (secondary N) is 1. The SMILES string of the molecule is CCOC(=O)c1ccc2c(c1)nc(SCC(=O)NCc1cccc(Cl)c1)n2CC. The summed E-state index contributed by atoms with van der Waals surface area (Å²) in [6.07, 6.45) is 0. The molecule has 1 aromatic heterocycles. The molecule has 1 N–H and O–H groups in total. The average molecular weight is 432 g/mol. The van der Waals surface area contributed by atoms with Crippen LogP contribution in [0.15, 0.2) is 47.6 Å². The Labute approximate surface area is 178 Å². The highest BCUT2D eigenvalue weighted by Crippen LogP contribution is 2.25. The van der Waals surface area contributed by atoms with E-state index in [1.807, 2.05) is 35.8 Å². The molecule has 0 radical (unpaired) electrons. The molecule has 3 aromatic rings. The maximum atomic E-state index is 12.2. The van der Waals surface area contributed by atoms with Crippen molar-refractivity contribution in [1.82, 2.24) is 14.9 Å². The number of carbonyl (C=O) groups excluding carboxylic acids is 2. The van der Waals surface area contributed by atoms with E-state index in [0.717, 1.165) is 16.2 Å². The molecule has 29 heavy (non-hydrogen) atoms. The molecule has 0 fully saturated rings. The van der Waals surface area contributed by atoms with Gasteiger partial charge < -0.3 is 14.6 Å². The van der Waals surface area contributed by atoms with Crippen LogP contribution in [0.3, 0.4) is 0 Å². The van der Waals surface area contributed by atoms with Gasteiger partial charge in [0.2, 0.25) is 5.91 Å². The minimum Gasteiger partial charge on any atom is -0.462 e. The lowest BCUT2D eigenvalue weighted by molar-refractivity contribution is -0.118. The number of aryl methyl sites for hydroxylation is 1. The summed E-state index contributed by atoms with van der Waals surface area (Å²) < 4.78 is 7.08. The van der Waals surface area contributed by atoms with E-state index in [4.69, 9.17) is 16.3 Å². The molecule has 0 aliphatic heterocycles. The van der Waals surface area contributed by atoms with Gasteiger partial charge in [-0.25, -0.2) is 9.78 Å². The summed E-state index contributed by atoms with van der Waals surface area (Å²) in [7, 11) is 0. The van der Waals surface area contributed by atoms with Crippen molar-refractivity contribution in [2.75, 3.05) is 12.4 Å². The molecule has 2 aromatic carbocycles. The molecule has 0 aliphatic rings. The molecule has 0 unspecified atom stereocenters. The fraction of sp³-hybridized carbons (Fsp3) is 0.286. The van der Waals surface area contributed by atoms with E-state index in [0.29, 0.717) is 35.8 Å². The van der Waals surface area contributed by atoms with Crippen molar-refractivity contribution < 1.29 is 14.3 Å². The number of carbonyl (C=O) groups is 2. The Morgan fingerprint density at radius 2 is 2.03 bits per heavy atom. The third kappa shape index (κ3) is 5.31. The minimum absolute atomic E-state index is 0.0862. The molecule has 1 amide bonds. The van der Waals surface area contributed by atoms with Crippen LogP contribution in [-0.4, -0.2) is 33.8 Å². The number of esters is 1. The van der Waals surface area contributed by atoms with Crippen molar-refractivity contribution in [1.29, 1.82) is 0 Å². The maximum absolute atomic E-state index is 12.2. The number of hydrogen-bond donors (Lipinski definition) is 1. The van der Waals surface area contributed by atoms with Crippen LogP contribution >= 0.6 is 23.4 Å². The summed E-state index contributed by atoms with van der Waals surface area (Å²) >= 11 is 7.33. The van der Waals surface area contributed by atoms with Gasteiger partial charge >= 0.3 is 5.97 Å². The number of amides is 1. The zero-order chi connectivity index (χ0) is 20.8. The third-order valence-electron chi connectivity index (χ3n) is 4.25. The quantitative estimate of drug-likeness (QED) is 0.425. The molecule has 0 spiro atoms. The standard InChI is InChI=1S/C21H22ClN3O3S/c1-3-25-18-9-8-15(20(27)28-4-2)11-17(18)24-21(25)29-13-19(26)23-12-14-6-5-7-16(22)10-14/h5-11H,3-4,12-13H2,1-2H3,(H,23,26). The van der Waals surface area contributed by atoms with Crippen molar-refractivity contribution >= 4 is 46.3 Å². The predicted molar refractivity (Wildman–Crippen MR) is 115 cm³/mol. The van der Waals surface area contributed by atoms with E-state index in [2.05, 4.69) is 10.3 Å². The van der Waals surface area contributed by atoms with Crippen molar-refractivity contribution in [3.05, 3.63) is 58.6 Å². The highest BCUT2D eigenvalue weighted by atomic mass is 35.5. The highest BCUT2D eigenvalue weighted by Gasteiger charge is 2.15. The molecule has 0 saturated carbocycles. The van der Waals surface area contributed by atoms with E-state index in [9.17, 15) is 9.59 Å². The molecule has 6 nitrogen and oxygen atoms in total. The van der Waals surface area contributed by atoms with Crippen molar-refractivity contribution in [2.45, 2.75) is 32.1 Å². The van der Waals surface area contributed by atoms with Crippen LogP contribution in [0, 0.1) is 0 Å². The van der Waals surface area contributed by atoms with E-state index >= 15 is 0 Å². The number of rotatable bonds is 8. The van der Waals surface area contributed by atoms with Crippen LogP contribution < -0.4 is 5.32 Å². The van der Waals surface area contributed by atoms with Gasteiger partial charge in [-0.15, -0.1) is 0 Å². The van der Waals surface area contributed by atoms with Crippen LogP contribution in [-0.2, 0) is 22.6 Å². The first-order valence-corrected chi connectivity index (χ1v) is 10.7. The van der Waals surface area contributed by atoms with Crippen LogP contribution in [0.2, 0.25) is 5.02 Å². The molecule has 8 heteroatoms. The van der Waals surface area contributed by atoms with Gasteiger partial charge in [-0.3, -0.25) is 4.79 Å². The zero-order valence-electron chi connectivity index (χ0n) is 16.3. The normalized spacial score (nSPS) is 10.9. The number of halogens is 1. The van der Waals surface area contributed by atoms with Crippen molar-refractivity contribution in [3.63, 3.8) is 0 Å². The second-order valence-electron chi connectivity index (χ2n) is 6.26.